The van der Waals surface area contributed by atoms with E-state index in [1.165, 1.54) is 437 Å². The summed E-state index contributed by atoms with van der Waals surface area (Å²) in [6.07, 6.45) is 145. The maximum Gasteiger partial charge on any atom is -0.0357 e. The number of hydrogen-bond acceptors (Lipinski definition) is 0. The van der Waals surface area contributed by atoms with E-state index in [1.54, 1.807) is 173 Å². The largest absolute Gasteiger partial charge is 0.0625 e. The van der Waals surface area contributed by atoms with E-state index >= 15 is 0 Å². The van der Waals surface area contributed by atoms with E-state index in [9.17, 15) is 0 Å². The molecule has 0 N–H and O–H groups in total. The standard InChI is InChI=1S/8C12H22.C11H20.3C6H12/c1-9-6-7-12-10(2)4-3-5-11(12)8-9;1-9-6-7-11-5-3-4-10(2)12(11)8-9;6*1-3-7-11(8-4-1)12-9-5-2-6-10-12;1-8-6-10-5-3-4-9(2)11(10)7-8;3*1-2-4-6-5-3-1/h2*9-12H,3-8H2,1-2H3;6*11-12H,1-10H2;8-11H,3-7H2,1-2H3;3*1-6H2. The Morgan fingerprint density at radius 3 is 0.448 bits per heavy atom. The fraction of sp³-hybridized carbons (Fsp3) is 1.00. The second-order valence-electron chi connectivity index (χ2n) is 50.6. The molecule has 21 saturated carbocycles. The highest BCUT2D eigenvalue weighted by Crippen LogP contribution is 2.51. The van der Waals surface area contributed by atoms with E-state index in [0.29, 0.717) is 0 Å². The van der Waals surface area contributed by atoms with Gasteiger partial charge in [-0.05, 0) is 181 Å². The summed E-state index contributed by atoms with van der Waals surface area (Å²) in [5, 5.41) is 0. The molecule has 21 aliphatic rings. The lowest BCUT2D eigenvalue weighted by Crippen LogP contribution is -2.32. The van der Waals surface area contributed by atoms with Crippen molar-refractivity contribution >= 4 is 0 Å². The zero-order chi connectivity index (χ0) is 87.0. The average molecular weight is 1740 g/mol. The van der Waals surface area contributed by atoms with Gasteiger partial charge in [-0.15, -0.1) is 0 Å². The monoisotopic (exact) mass is 1730 g/mol. The second-order valence-corrected chi connectivity index (χ2v) is 50.6. The second kappa shape index (κ2) is 67.3. The van der Waals surface area contributed by atoms with Crippen molar-refractivity contribution in [2.45, 2.75) is 652 Å². The molecule has 12 unspecified atom stereocenters. The van der Waals surface area contributed by atoms with Crippen LogP contribution in [-0.4, -0.2) is 0 Å². The first-order valence-electron chi connectivity index (χ1n) is 61.6. The normalized spacial score (nSPS) is 33.9. The summed E-state index contributed by atoms with van der Waals surface area (Å²) in [4.78, 5) is 0. The van der Waals surface area contributed by atoms with Crippen LogP contribution in [0.1, 0.15) is 652 Å². The van der Waals surface area contributed by atoms with Crippen molar-refractivity contribution in [1.29, 1.82) is 0 Å². The van der Waals surface area contributed by atoms with Crippen LogP contribution < -0.4 is 0 Å². The van der Waals surface area contributed by atoms with E-state index in [-0.39, 0.29) is 0 Å². The van der Waals surface area contributed by atoms with Crippen molar-refractivity contribution in [2.75, 3.05) is 0 Å². The van der Waals surface area contributed by atoms with E-state index in [0.717, 1.165) is 142 Å². The van der Waals surface area contributed by atoms with E-state index in [1.807, 2.05) is 0 Å². The molecule has 0 aromatic rings. The van der Waals surface area contributed by atoms with Gasteiger partial charge in [-0.1, -0.05) is 613 Å². The molecule has 0 aromatic heterocycles. The molecule has 732 valence electrons. The summed E-state index contributed by atoms with van der Waals surface area (Å²) in [7, 11) is 0. The summed E-state index contributed by atoms with van der Waals surface area (Å²) in [6.45, 7) is 14.7. The van der Waals surface area contributed by atoms with Gasteiger partial charge in [0.2, 0.25) is 0 Å². The number of hydrogen-bond donors (Lipinski definition) is 0. The highest BCUT2D eigenvalue weighted by atomic mass is 14.5. The maximum atomic E-state index is 2.48. The molecule has 0 amide bonds. The molecule has 0 nitrogen and oxygen atoms in total. The maximum absolute atomic E-state index is 2.48. The van der Waals surface area contributed by atoms with Gasteiger partial charge in [0.1, 0.15) is 0 Å². The van der Waals surface area contributed by atoms with Gasteiger partial charge >= 0.3 is 0 Å². The summed E-state index contributed by atoms with van der Waals surface area (Å²) in [6, 6.07) is 0. The van der Waals surface area contributed by atoms with Crippen molar-refractivity contribution in [2.24, 2.45) is 142 Å². The van der Waals surface area contributed by atoms with Gasteiger partial charge in [0.15, 0.2) is 0 Å². The topological polar surface area (TPSA) is 0 Å². The molecule has 0 heteroatoms. The Morgan fingerprint density at radius 1 is 0.0880 bits per heavy atom. The number of fused-ring (bicyclic) bond motifs is 3. The third-order valence-electron chi connectivity index (χ3n) is 40.8. The first kappa shape index (κ1) is 107. The number of rotatable bonds is 6. The van der Waals surface area contributed by atoms with Crippen LogP contribution in [-0.2, 0) is 0 Å². The van der Waals surface area contributed by atoms with Crippen LogP contribution in [0.3, 0.4) is 0 Å². The van der Waals surface area contributed by atoms with E-state index in [4.69, 9.17) is 0 Å². The van der Waals surface area contributed by atoms with Crippen LogP contribution in [0.4, 0.5) is 0 Å². The molecule has 21 aliphatic carbocycles. The van der Waals surface area contributed by atoms with Gasteiger partial charge in [0.05, 0.1) is 0 Å². The minimum Gasteiger partial charge on any atom is -0.0625 e. The fourth-order valence-electron chi connectivity index (χ4n) is 32.8. The Balaban J connectivity index is 0.000000143. The summed E-state index contributed by atoms with van der Waals surface area (Å²) < 4.78 is 0. The molecule has 0 saturated heterocycles. The lowest BCUT2D eigenvalue weighted by Gasteiger charge is -2.42. The molecule has 21 fully saturated rings. The Labute approximate surface area is 788 Å². The van der Waals surface area contributed by atoms with Gasteiger partial charge in [-0.3, -0.25) is 0 Å². The molecule has 12 atom stereocenters. The first-order chi connectivity index (χ1) is 61.6. The minimum absolute atomic E-state index is 1.02. The molecule has 0 spiro atoms. The van der Waals surface area contributed by atoms with E-state index in [2.05, 4.69) is 41.5 Å². The Kier molecular flexibility index (Phi) is 57.6. The smallest absolute Gasteiger partial charge is 0.0357 e. The molecular formula is C125H232. The predicted molar refractivity (Wildman–Crippen MR) is 556 cm³/mol. The van der Waals surface area contributed by atoms with Crippen LogP contribution in [0.15, 0.2) is 0 Å². The molecule has 0 aliphatic heterocycles. The quantitative estimate of drug-likeness (QED) is 0.249. The van der Waals surface area contributed by atoms with E-state index < -0.39 is 0 Å². The van der Waals surface area contributed by atoms with Crippen LogP contribution >= 0.6 is 0 Å². The lowest BCUT2D eigenvalue weighted by molar-refractivity contribution is 0.0880. The molecular weight excluding hydrogens is 1500 g/mol. The molecule has 21 rings (SSSR count). The zero-order valence-corrected chi connectivity index (χ0v) is 87.0. The van der Waals surface area contributed by atoms with Crippen LogP contribution in [0.2, 0.25) is 0 Å². The molecule has 125 heavy (non-hydrogen) atoms. The van der Waals surface area contributed by atoms with Crippen molar-refractivity contribution < 1.29 is 0 Å². The van der Waals surface area contributed by atoms with Crippen LogP contribution in [0, 0.1) is 142 Å². The zero-order valence-electron chi connectivity index (χ0n) is 87.0. The van der Waals surface area contributed by atoms with Gasteiger partial charge in [-0.2, -0.15) is 0 Å². The average Bonchev–Trinajstić information content (AvgIpc) is 1.71. The highest BCUT2D eigenvalue weighted by molar-refractivity contribution is 4.91. The van der Waals surface area contributed by atoms with Crippen molar-refractivity contribution in [3.05, 3.63) is 0 Å². The van der Waals surface area contributed by atoms with Gasteiger partial charge < -0.3 is 0 Å². The lowest BCUT2D eigenvalue weighted by atomic mass is 9.64. The first-order valence-corrected chi connectivity index (χ1v) is 61.6. The van der Waals surface area contributed by atoms with Crippen LogP contribution in [0.25, 0.3) is 0 Å². The Morgan fingerprint density at radius 2 is 0.232 bits per heavy atom. The molecule has 0 heterocycles. The summed E-state index contributed by atoms with van der Waals surface area (Å²) >= 11 is 0. The predicted octanol–water partition coefficient (Wildman–Crippen LogP) is 43.1. The van der Waals surface area contributed by atoms with Gasteiger partial charge in [0, 0.05) is 0 Å². The molecule has 0 radical (unpaired) electrons. The summed E-state index contributed by atoms with van der Waals surface area (Å²) in [5.41, 5.74) is 0. The Bertz CT molecular complexity index is 1970. The molecule has 0 bridgehead atoms. The van der Waals surface area contributed by atoms with Crippen molar-refractivity contribution in [3.63, 3.8) is 0 Å². The van der Waals surface area contributed by atoms with Crippen LogP contribution in [0.5, 0.6) is 0 Å². The minimum atomic E-state index is 1.02. The third kappa shape index (κ3) is 43.5. The fourth-order valence-corrected chi connectivity index (χ4v) is 32.8. The summed E-state index contributed by atoms with van der Waals surface area (Å²) in [5.74, 6) is 26.5. The molecule has 0 aromatic carbocycles. The Hall–Kier alpha value is 0. The van der Waals surface area contributed by atoms with Gasteiger partial charge in [-0.25, -0.2) is 0 Å². The van der Waals surface area contributed by atoms with Crippen molar-refractivity contribution in [3.8, 4) is 0 Å². The third-order valence-corrected chi connectivity index (χ3v) is 40.8. The van der Waals surface area contributed by atoms with Gasteiger partial charge in [0.25, 0.3) is 0 Å². The van der Waals surface area contributed by atoms with Crippen molar-refractivity contribution in [1.82, 2.24) is 0 Å². The SMILES string of the molecule is C1CCC(C2CCCCC2)CC1.C1CCC(C2CCCCC2)CC1.C1CCC(C2CCCCC2)CC1.C1CCC(C2CCCCC2)CC1.C1CCC(C2CCCCC2)CC1.C1CCC(C2CCCCC2)CC1.C1CCCCC1.C1CCCCC1.C1CCCCC1.CC1CC2CCCC(C)C2C1.CC1CCC2C(C)CCCC2C1.CC1CCC2CCCC(C)C2C1. The highest BCUT2D eigenvalue weighted by Gasteiger charge is 2.40.